The standard InChI is InChI=1S/C23H29N3O3/c1-17(2)19-9-7-18(8-10-19)15-25-11-13-26(14-12-25)22(27)16-29-21-6-4-3-5-20(21)23(24)28/h3-10,17H,11-16H2,1-2H3,(H2,24,28). The Morgan fingerprint density at radius 2 is 1.66 bits per heavy atom. The SMILES string of the molecule is CC(C)c1ccc(CN2CCN(C(=O)COc3ccccc3C(N)=O)CC2)cc1. The molecular formula is C23H29N3O3. The van der Waals surface area contributed by atoms with E-state index in [1.807, 2.05) is 4.90 Å². The molecule has 2 amide bonds. The topological polar surface area (TPSA) is 75.9 Å². The predicted molar refractivity (Wildman–Crippen MR) is 113 cm³/mol. The fourth-order valence-corrected chi connectivity index (χ4v) is 3.45. The highest BCUT2D eigenvalue weighted by molar-refractivity contribution is 5.95. The number of carbonyl (C=O) groups is 2. The minimum absolute atomic E-state index is 0.0785. The van der Waals surface area contributed by atoms with E-state index in [9.17, 15) is 9.59 Å². The van der Waals surface area contributed by atoms with Gasteiger partial charge in [0, 0.05) is 32.7 Å². The summed E-state index contributed by atoms with van der Waals surface area (Å²) in [6.07, 6.45) is 0. The van der Waals surface area contributed by atoms with E-state index in [2.05, 4.69) is 43.0 Å². The number of nitrogens with zero attached hydrogens (tertiary/aromatic N) is 2. The summed E-state index contributed by atoms with van der Waals surface area (Å²) in [5.41, 5.74) is 8.27. The Labute approximate surface area is 172 Å². The van der Waals surface area contributed by atoms with Crippen LogP contribution >= 0.6 is 0 Å². The zero-order valence-electron chi connectivity index (χ0n) is 17.1. The molecule has 3 rings (SSSR count). The molecule has 0 bridgehead atoms. The first-order valence-corrected chi connectivity index (χ1v) is 10.0. The van der Waals surface area contributed by atoms with Crippen molar-refractivity contribution in [2.75, 3.05) is 32.8 Å². The van der Waals surface area contributed by atoms with Gasteiger partial charge in [-0.25, -0.2) is 0 Å². The monoisotopic (exact) mass is 395 g/mol. The molecule has 2 aromatic carbocycles. The summed E-state index contributed by atoms with van der Waals surface area (Å²) < 4.78 is 5.56. The first-order chi connectivity index (χ1) is 13.9. The number of rotatable bonds is 7. The minimum atomic E-state index is -0.567. The largest absolute Gasteiger partial charge is 0.483 e. The van der Waals surface area contributed by atoms with E-state index < -0.39 is 5.91 Å². The van der Waals surface area contributed by atoms with Gasteiger partial charge in [-0.15, -0.1) is 0 Å². The molecular weight excluding hydrogens is 366 g/mol. The number of amides is 2. The number of nitrogens with two attached hydrogens (primary N) is 1. The highest BCUT2D eigenvalue weighted by Gasteiger charge is 2.22. The number of hydrogen-bond acceptors (Lipinski definition) is 4. The van der Waals surface area contributed by atoms with Crippen LogP contribution < -0.4 is 10.5 Å². The number of piperazine rings is 1. The molecule has 1 saturated heterocycles. The number of ether oxygens (including phenoxy) is 1. The maximum Gasteiger partial charge on any atom is 0.260 e. The molecule has 0 atom stereocenters. The molecule has 2 aromatic rings. The van der Waals surface area contributed by atoms with Crippen LogP contribution in [0.15, 0.2) is 48.5 Å². The molecule has 0 saturated carbocycles. The van der Waals surface area contributed by atoms with Crippen LogP contribution in [-0.4, -0.2) is 54.4 Å². The average Bonchev–Trinajstić information content (AvgIpc) is 2.73. The summed E-state index contributed by atoms with van der Waals surface area (Å²) in [5.74, 6) is 0.237. The van der Waals surface area contributed by atoms with Gasteiger partial charge in [0.15, 0.2) is 6.61 Å². The molecule has 0 unspecified atom stereocenters. The van der Waals surface area contributed by atoms with Crippen LogP contribution in [-0.2, 0) is 11.3 Å². The molecule has 0 radical (unpaired) electrons. The average molecular weight is 396 g/mol. The van der Waals surface area contributed by atoms with Crippen molar-refractivity contribution >= 4 is 11.8 Å². The van der Waals surface area contributed by atoms with Gasteiger partial charge in [-0.05, 0) is 29.2 Å². The third-order valence-corrected chi connectivity index (χ3v) is 5.28. The number of carbonyl (C=O) groups excluding carboxylic acids is 2. The Morgan fingerprint density at radius 3 is 2.28 bits per heavy atom. The second-order valence-electron chi connectivity index (χ2n) is 7.70. The lowest BCUT2D eigenvalue weighted by Crippen LogP contribution is -2.49. The number of benzene rings is 2. The zero-order valence-corrected chi connectivity index (χ0v) is 17.1. The van der Waals surface area contributed by atoms with E-state index in [1.165, 1.54) is 11.1 Å². The van der Waals surface area contributed by atoms with Gasteiger partial charge in [0.1, 0.15) is 5.75 Å². The first kappa shape index (κ1) is 20.9. The maximum absolute atomic E-state index is 12.5. The summed E-state index contributed by atoms with van der Waals surface area (Å²) in [4.78, 5) is 28.1. The molecule has 0 aliphatic carbocycles. The molecule has 1 heterocycles. The second kappa shape index (κ2) is 9.56. The summed E-state index contributed by atoms with van der Waals surface area (Å²) in [5, 5.41) is 0. The molecule has 6 nitrogen and oxygen atoms in total. The van der Waals surface area contributed by atoms with Gasteiger partial charge in [-0.3, -0.25) is 14.5 Å². The highest BCUT2D eigenvalue weighted by atomic mass is 16.5. The molecule has 1 fully saturated rings. The van der Waals surface area contributed by atoms with E-state index in [1.54, 1.807) is 24.3 Å². The van der Waals surface area contributed by atoms with Gasteiger partial charge in [0.2, 0.25) is 0 Å². The number of para-hydroxylation sites is 1. The molecule has 1 aliphatic rings. The normalized spacial score (nSPS) is 14.8. The van der Waals surface area contributed by atoms with Crippen molar-refractivity contribution in [2.45, 2.75) is 26.3 Å². The van der Waals surface area contributed by atoms with Crippen LogP contribution in [0.2, 0.25) is 0 Å². The fourth-order valence-electron chi connectivity index (χ4n) is 3.45. The van der Waals surface area contributed by atoms with Crippen molar-refractivity contribution in [1.29, 1.82) is 0 Å². The van der Waals surface area contributed by atoms with E-state index in [4.69, 9.17) is 10.5 Å². The van der Waals surface area contributed by atoms with Crippen molar-refractivity contribution in [3.8, 4) is 5.75 Å². The lowest BCUT2D eigenvalue weighted by molar-refractivity contribution is -0.135. The predicted octanol–water partition coefficient (Wildman–Crippen LogP) is 2.63. The van der Waals surface area contributed by atoms with Gasteiger partial charge in [0.05, 0.1) is 5.56 Å². The molecule has 0 spiro atoms. The summed E-state index contributed by atoms with van der Waals surface area (Å²) in [7, 11) is 0. The zero-order chi connectivity index (χ0) is 20.8. The Balaban J connectivity index is 1.46. The Bertz CT molecular complexity index is 841. The first-order valence-electron chi connectivity index (χ1n) is 10.0. The van der Waals surface area contributed by atoms with Crippen molar-refractivity contribution < 1.29 is 14.3 Å². The molecule has 154 valence electrons. The van der Waals surface area contributed by atoms with Gasteiger partial charge >= 0.3 is 0 Å². The maximum atomic E-state index is 12.5. The van der Waals surface area contributed by atoms with Crippen LogP contribution in [0.1, 0.15) is 41.3 Å². The van der Waals surface area contributed by atoms with E-state index >= 15 is 0 Å². The van der Waals surface area contributed by atoms with E-state index in [0.29, 0.717) is 24.8 Å². The van der Waals surface area contributed by atoms with Crippen LogP contribution in [0, 0.1) is 0 Å². The quantitative estimate of drug-likeness (QED) is 0.782. The van der Waals surface area contributed by atoms with Gasteiger partial charge in [-0.2, -0.15) is 0 Å². The van der Waals surface area contributed by atoms with E-state index in [-0.39, 0.29) is 18.1 Å². The number of primary amides is 1. The summed E-state index contributed by atoms with van der Waals surface area (Å²) in [6.45, 7) is 8.19. The lowest BCUT2D eigenvalue weighted by atomic mass is 10.0. The summed E-state index contributed by atoms with van der Waals surface area (Å²) in [6, 6.07) is 15.5. The second-order valence-corrected chi connectivity index (χ2v) is 7.70. The van der Waals surface area contributed by atoms with Gasteiger partial charge in [0.25, 0.3) is 11.8 Å². The van der Waals surface area contributed by atoms with Crippen LogP contribution in [0.4, 0.5) is 0 Å². The van der Waals surface area contributed by atoms with Crippen LogP contribution in [0.3, 0.4) is 0 Å². The molecule has 29 heavy (non-hydrogen) atoms. The molecule has 6 heteroatoms. The van der Waals surface area contributed by atoms with Gasteiger partial charge < -0.3 is 15.4 Å². The minimum Gasteiger partial charge on any atom is -0.483 e. The lowest BCUT2D eigenvalue weighted by Gasteiger charge is -2.34. The smallest absolute Gasteiger partial charge is 0.260 e. The van der Waals surface area contributed by atoms with Gasteiger partial charge in [-0.1, -0.05) is 50.2 Å². The highest BCUT2D eigenvalue weighted by Crippen LogP contribution is 2.18. The van der Waals surface area contributed by atoms with Crippen molar-refractivity contribution in [3.05, 3.63) is 65.2 Å². The van der Waals surface area contributed by atoms with Crippen LogP contribution in [0.25, 0.3) is 0 Å². The molecule has 1 aliphatic heterocycles. The van der Waals surface area contributed by atoms with E-state index in [0.717, 1.165) is 19.6 Å². The Hall–Kier alpha value is -2.86. The summed E-state index contributed by atoms with van der Waals surface area (Å²) >= 11 is 0. The fraction of sp³-hybridized carbons (Fsp3) is 0.391. The Morgan fingerprint density at radius 1 is 1.00 bits per heavy atom. The molecule has 2 N–H and O–H groups in total. The van der Waals surface area contributed by atoms with Crippen molar-refractivity contribution in [1.82, 2.24) is 9.80 Å². The van der Waals surface area contributed by atoms with Crippen molar-refractivity contribution in [2.24, 2.45) is 5.73 Å². The number of hydrogen-bond donors (Lipinski definition) is 1. The Kier molecular flexibility index (Phi) is 6.88. The molecule has 0 aromatic heterocycles. The third-order valence-electron chi connectivity index (χ3n) is 5.28. The van der Waals surface area contributed by atoms with Crippen molar-refractivity contribution in [3.63, 3.8) is 0 Å². The van der Waals surface area contributed by atoms with Crippen LogP contribution in [0.5, 0.6) is 5.75 Å². The third kappa shape index (κ3) is 5.57.